The highest BCUT2D eigenvalue weighted by atomic mass is 16.6. The maximum absolute atomic E-state index is 11.8. The van der Waals surface area contributed by atoms with Gasteiger partial charge in [0.25, 0.3) is 0 Å². The molecule has 0 radical (unpaired) electrons. The zero-order valence-electron chi connectivity index (χ0n) is 12.4. The molecule has 2 aliphatic rings. The Labute approximate surface area is 120 Å². The van der Waals surface area contributed by atoms with E-state index in [1.54, 1.807) is 6.08 Å². The molecule has 1 heterocycles. The molecule has 1 aliphatic heterocycles. The molecule has 0 spiro atoms. The Morgan fingerprint density at radius 2 is 2.20 bits per heavy atom. The van der Waals surface area contributed by atoms with Gasteiger partial charge >= 0.3 is 5.97 Å². The highest BCUT2D eigenvalue weighted by Gasteiger charge is 2.48. The van der Waals surface area contributed by atoms with Crippen molar-refractivity contribution in [2.75, 3.05) is 6.61 Å². The van der Waals surface area contributed by atoms with Gasteiger partial charge in [0.15, 0.2) is 0 Å². The number of hydrogen-bond donors (Lipinski definition) is 2. The van der Waals surface area contributed by atoms with Crippen molar-refractivity contribution in [3.8, 4) is 0 Å². The first-order chi connectivity index (χ1) is 9.51. The molecule has 4 heteroatoms. The summed E-state index contributed by atoms with van der Waals surface area (Å²) in [5.74, 6) is -0.312. The Hall–Kier alpha value is -1.13. The number of esters is 1. The predicted molar refractivity (Wildman–Crippen MR) is 75.9 cm³/mol. The molecule has 112 valence electrons. The van der Waals surface area contributed by atoms with Gasteiger partial charge < -0.3 is 14.9 Å². The first-order valence-corrected chi connectivity index (χ1v) is 7.36. The second kappa shape index (κ2) is 6.10. The summed E-state index contributed by atoms with van der Waals surface area (Å²) in [6, 6.07) is 0. The van der Waals surface area contributed by atoms with Crippen molar-refractivity contribution in [1.29, 1.82) is 0 Å². The van der Waals surface area contributed by atoms with Crippen molar-refractivity contribution in [3.05, 3.63) is 22.8 Å². The summed E-state index contributed by atoms with van der Waals surface area (Å²) in [5, 5.41) is 19.7. The van der Waals surface area contributed by atoms with Crippen LogP contribution in [0.2, 0.25) is 0 Å². The van der Waals surface area contributed by atoms with Crippen LogP contribution < -0.4 is 0 Å². The Morgan fingerprint density at radius 1 is 1.50 bits per heavy atom. The molecule has 1 fully saturated rings. The van der Waals surface area contributed by atoms with Crippen LogP contribution in [0, 0.1) is 11.8 Å². The van der Waals surface area contributed by atoms with Crippen molar-refractivity contribution in [2.45, 2.75) is 52.2 Å². The van der Waals surface area contributed by atoms with Gasteiger partial charge in [-0.1, -0.05) is 18.6 Å². The third kappa shape index (κ3) is 2.54. The number of aliphatic hydroxyl groups is 2. The lowest BCUT2D eigenvalue weighted by atomic mass is 9.73. The number of carbonyl (C=O) groups is 1. The molecule has 0 aromatic heterocycles. The third-order valence-electron chi connectivity index (χ3n) is 4.55. The minimum atomic E-state index is -0.653. The van der Waals surface area contributed by atoms with E-state index in [1.165, 1.54) is 0 Å². The molecule has 0 bridgehead atoms. The van der Waals surface area contributed by atoms with Crippen molar-refractivity contribution in [2.24, 2.45) is 11.8 Å². The Bertz CT molecular complexity index is 449. The smallest absolute Gasteiger partial charge is 0.334 e. The molecule has 20 heavy (non-hydrogen) atoms. The average Bonchev–Trinajstić information content (AvgIpc) is 2.71. The van der Waals surface area contributed by atoms with Gasteiger partial charge in [-0.05, 0) is 38.2 Å². The van der Waals surface area contributed by atoms with Gasteiger partial charge in [-0.3, -0.25) is 0 Å². The zero-order chi connectivity index (χ0) is 14.9. The summed E-state index contributed by atoms with van der Waals surface area (Å²) in [7, 11) is 0. The topological polar surface area (TPSA) is 66.8 Å². The largest absolute Gasteiger partial charge is 0.458 e. The highest BCUT2D eigenvalue weighted by Crippen LogP contribution is 2.43. The van der Waals surface area contributed by atoms with Gasteiger partial charge in [0.2, 0.25) is 0 Å². The highest BCUT2D eigenvalue weighted by molar-refractivity contribution is 5.92. The quantitative estimate of drug-likeness (QED) is 0.469. The van der Waals surface area contributed by atoms with Gasteiger partial charge in [-0.25, -0.2) is 4.79 Å². The van der Waals surface area contributed by atoms with Crippen LogP contribution in [-0.4, -0.2) is 35.0 Å². The van der Waals surface area contributed by atoms with Crippen LogP contribution in [0.5, 0.6) is 0 Å². The van der Waals surface area contributed by atoms with Crippen LogP contribution in [0.4, 0.5) is 0 Å². The third-order valence-corrected chi connectivity index (χ3v) is 4.55. The fourth-order valence-corrected chi connectivity index (χ4v) is 3.60. The SMILES string of the molecule is CC=C1C(=O)OC2CC(C)=C(C(C)CCCO)C(O)C12. The molecule has 1 aliphatic carbocycles. The van der Waals surface area contributed by atoms with E-state index >= 15 is 0 Å². The van der Waals surface area contributed by atoms with Gasteiger partial charge in [0, 0.05) is 18.6 Å². The molecule has 2 N–H and O–H groups in total. The molecular weight excluding hydrogens is 256 g/mol. The van der Waals surface area contributed by atoms with Crippen molar-refractivity contribution >= 4 is 5.97 Å². The maximum atomic E-state index is 11.8. The number of rotatable bonds is 4. The first kappa shape index (κ1) is 15.3. The summed E-state index contributed by atoms with van der Waals surface area (Å²) in [4.78, 5) is 11.8. The van der Waals surface area contributed by atoms with Gasteiger partial charge in [0.1, 0.15) is 6.10 Å². The van der Waals surface area contributed by atoms with Crippen molar-refractivity contribution < 1.29 is 19.7 Å². The Balaban J connectivity index is 2.26. The summed E-state index contributed by atoms with van der Waals surface area (Å²) >= 11 is 0. The van der Waals surface area contributed by atoms with E-state index in [2.05, 4.69) is 6.92 Å². The number of aliphatic hydroxyl groups excluding tert-OH is 2. The summed E-state index contributed by atoms with van der Waals surface area (Å²) in [6.45, 7) is 6.06. The van der Waals surface area contributed by atoms with Gasteiger partial charge in [-0.2, -0.15) is 0 Å². The normalized spacial score (nSPS) is 33.4. The summed E-state index contributed by atoms with van der Waals surface area (Å²) in [6.07, 6.45) is 3.15. The molecule has 2 rings (SSSR count). The fraction of sp³-hybridized carbons (Fsp3) is 0.688. The minimum Gasteiger partial charge on any atom is -0.458 e. The summed E-state index contributed by atoms with van der Waals surface area (Å²) < 4.78 is 5.38. The second-order valence-corrected chi connectivity index (χ2v) is 5.87. The van der Waals surface area contributed by atoms with Crippen LogP contribution in [-0.2, 0) is 9.53 Å². The second-order valence-electron chi connectivity index (χ2n) is 5.87. The Kier molecular flexibility index (Phi) is 4.66. The lowest BCUT2D eigenvalue weighted by molar-refractivity contribution is -0.139. The van der Waals surface area contributed by atoms with E-state index in [-0.39, 0.29) is 30.5 Å². The van der Waals surface area contributed by atoms with Gasteiger partial charge in [-0.15, -0.1) is 0 Å². The van der Waals surface area contributed by atoms with E-state index in [9.17, 15) is 9.90 Å². The van der Waals surface area contributed by atoms with E-state index in [0.29, 0.717) is 12.0 Å². The number of allylic oxidation sites excluding steroid dienone is 1. The molecule has 0 aromatic rings. The molecule has 1 saturated heterocycles. The van der Waals surface area contributed by atoms with E-state index in [4.69, 9.17) is 9.84 Å². The predicted octanol–water partition coefficient (Wildman–Crippen LogP) is 1.96. The van der Waals surface area contributed by atoms with Crippen LogP contribution in [0.15, 0.2) is 22.8 Å². The van der Waals surface area contributed by atoms with E-state index in [1.807, 2.05) is 13.8 Å². The molecule has 4 unspecified atom stereocenters. The van der Waals surface area contributed by atoms with Crippen LogP contribution in [0.3, 0.4) is 0 Å². The molecular formula is C16H24O4. The average molecular weight is 280 g/mol. The molecule has 0 aromatic carbocycles. The number of ether oxygens (including phenoxy) is 1. The molecule has 0 amide bonds. The lowest BCUT2D eigenvalue weighted by Crippen LogP contribution is -2.37. The molecule has 0 saturated carbocycles. The number of hydrogen-bond acceptors (Lipinski definition) is 4. The minimum absolute atomic E-state index is 0.167. The van der Waals surface area contributed by atoms with Gasteiger partial charge in [0.05, 0.1) is 12.0 Å². The molecule has 4 nitrogen and oxygen atoms in total. The lowest BCUT2D eigenvalue weighted by Gasteiger charge is -2.35. The standard InChI is InChI=1S/C16H24O4/c1-4-11-14-12(20-16(11)19)8-10(3)13(15(14)18)9(2)6-5-7-17/h4,9,12,14-15,17-18H,5-8H2,1-3H3. The van der Waals surface area contributed by atoms with Crippen LogP contribution in [0.25, 0.3) is 0 Å². The molecule has 4 atom stereocenters. The van der Waals surface area contributed by atoms with Crippen LogP contribution >= 0.6 is 0 Å². The van der Waals surface area contributed by atoms with E-state index < -0.39 is 6.10 Å². The van der Waals surface area contributed by atoms with Crippen molar-refractivity contribution in [1.82, 2.24) is 0 Å². The number of fused-ring (bicyclic) bond motifs is 1. The Morgan fingerprint density at radius 3 is 2.80 bits per heavy atom. The first-order valence-electron chi connectivity index (χ1n) is 7.36. The monoisotopic (exact) mass is 280 g/mol. The zero-order valence-corrected chi connectivity index (χ0v) is 12.4. The fourth-order valence-electron chi connectivity index (χ4n) is 3.60. The summed E-state index contributed by atoms with van der Waals surface area (Å²) in [5.41, 5.74) is 2.74. The number of carbonyl (C=O) groups excluding carboxylic acids is 1. The van der Waals surface area contributed by atoms with E-state index in [0.717, 1.165) is 24.0 Å². The van der Waals surface area contributed by atoms with Crippen LogP contribution in [0.1, 0.15) is 40.0 Å². The maximum Gasteiger partial charge on any atom is 0.334 e. The van der Waals surface area contributed by atoms with Crippen molar-refractivity contribution in [3.63, 3.8) is 0 Å².